The van der Waals surface area contributed by atoms with Crippen LogP contribution in [0.2, 0.25) is 5.02 Å². The van der Waals surface area contributed by atoms with E-state index in [0.29, 0.717) is 5.02 Å². The van der Waals surface area contributed by atoms with Gasteiger partial charge in [0.15, 0.2) is 0 Å². The third-order valence-electron chi connectivity index (χ3n) is 6.33. The molecule has 0 bridgehead atoms. The van der Waals surface area contributed by atoms with Gasteiger partial charge in [0.2, 0.25) is 11.9 Å². The lowest BCUT2D eigenvalue weighted by Gasteiger charge is -2.32. The normalized spacial score (nSPS) is 21.8. The maximum Gasteiger partial charge on any atom is 0.225 e. The summed E-state index contributed by atoms with van der Waals surface area (Å²) >= 11 is 5.89. The van der Waals surface area contributed by atoms with E-state index in [9.17, 15) is 4.79 Å². The van der Waals surface area contributed by atoms with Crippen molar-refractivity contribution >= 4 is 29.1 Å². The zero-order chi connectivity index (χ0) is 20.2. The fraction of sp³-hybridized carbons (Fsp3) is 0.522. The predicted molar refractivity (Wildman–Crippen MR) is 117 cm³/mol. The molecule has 1 saturated heterocycles. The molecule has 154 valence electrons. The average Bonchev–Trinajstić information content (AvgIpc) is 3.49. The zero-order valence-corrected chi connectivity index (χ0v) is 17.7. The van der Waals surface area contributed by atoms with Crippen molar-refractivity contribution in [2.75, 3.05) is 23.3 Å². The fourth-order valence-corrected chi connectivity index (χ4v) is 4.80. The number of nitrogens with zero attached hydrogens (tertiary/aromatic N) is 3. The van der Waals surface area contributed by atoms with Gasteiger partial charge in [-0.15, -0.1) is 0 Å². The molecule has 2 fully saturated rings. The van der Waals surface area contributed by atoms with Gasteiger partial charge in [0.25, 0.3) is 0 Å². The summed E-state index contributed by atoms with van der Waals surface area (Å²) in [5.41, 5.74) is 2.23. The SMILES string of the molecule is CC(=O)Nc1ccc(CCC[C@@H]2C[C@@H]2C2CCN(c3ncc(Cl)cn3)CC2)cc1. The third-order valence-corrected chi connectivity index (χ3v) is 6.52. The topological polar surface area (TPSA) is 58.1 Å². The molecule has 2 aliphatic rings. The maximum absolute atomic E-state index is 11.1. The fourth-order valence-electron chi connectivity index (χ4n) is 4.70. The van der Waals surface area contributed by atoms with E-state index in [-0.39, 0.29) is 5.91 Å². The first kappa shape index (κ1) is 20.1. The number of nitrogens with one attached hydrogen (secondary N) is 1. The van der Waals surface area contributed by atoms with Gasteiger partial charge in [0.05, 0.1) is 17.4 Å². The van der Waals surface area contributed by atoms with Crippen molar-refractivity contribution < 1.29 is 4.79 Å². The van der Waals surface area contributed by atoms with Gasteiger partial charge in [-0.3, -0.25) is 4.79 Å². The molecular weight excluding hydrogens is 384 g/mol. The third kappa shape index (κ3) is 5.47. The number of amides is 1. The largest absolute Gasteiger partial charge is 0.341 e. The number of benzene rings is 1. The molecule has 2 atom stereocenters. The molecule has 1 aliphatic carbocycles. The van der Waals surface area contributed by atoms with E-state index < -0.39 is 0 Å². The highest BCUT2D eigenvalue weighted by molar-refractivity contribution is 6.30. The Balaban J connectivity index is 1.16. The molecule has 0 unspecified atom stereocenters. The number of carbonyl (C=O) groups is 1. The monoisotopic (exact) mass is 412 g/mol. The first-order valence-electron chi connectivity index (χ1n) is 10.7. The number of carbonyl (C=O) groups excluding carboxylic acids is 1. The van der Waals surface area contributed by atoms with E-state index in [1.807, 2.05) is 12.1 Å². The smallest absolute Gasteiger partial charge is 0.225 e. The van der Waals surface area contributed by atoms with Crippen LogP contribution >= 0.6 is 11.6 Å². The van der Waals surface area contributed by atoms with Crippen molar-refractivity contribution in [1.29, 1.82) is 0 Å². The van der Waals surface area contributed by atoms with Crippen LogP contribution in [0, 0.1) is 17.8 Å². The molecule has 29 heavy (non-hydrogen) atoms. The lowest BCUT2D eigenvalue weighted by Crippen LogP contribution is -2.35. The summed E-state index contributed by atoms with van der Waals surface area (Å²) in [6.07, 6.45) is 11.0. The summed E-state index contributed by atoms with van der Waals surface area (Å²) in [6, 6.07) is 8.25. The Morgan fingerprint density at radius 3 is 2.52 bits per heavy atom. The van der Waals surface area contributed by atoms with Crippen molar-refractivity contribution in [3.63, 3.8) is 0 Å². The molecule has 0 spiro atoms. The van der Waals surface area contributed by atoms with Gasteiger partial charge in [-0.25, -0.2) is 9.97 Å². The van der Waals surface area contributed by atoms with E-state index in [2.05, 4.69) is 32.3 Å². The van der Waals surface area contributed by atoms with Crippen LogP contribution in [0.3, 0.4) is 0 Å². The summed E-state index contributed by atoms with van der Waals surface area (Å²) in [5.74, 6) is 3.48. The van der Waals surface area contributed by atoms with Gasteiger partial charge in [-0.1, -0.05) is 23.7 Å². The van der Waals surface area contributed by atoms with Crippen LogP contribution in [-0.2, 0) is 11.2 Å². The van der Waals surface area contributed by atoms with Crippen molar-refractivity contribution in [3.05, 3.63) is 47.2 Å². The van der Waals surface area contributed by atoms with Crippen LogP contribution in [0.25, 0.3) is 0 Å². The lowest BCUT2D eigenvalue weighted by atomic mass is 9.90. The first-order valence-corrected chi connectivity index (χ1v) is 11.1. The van der Waals surface area contributed by atoms with Gasteiger partial charge in [0, 0.05) is 25.7 Å². The van der Waals surface area contributed by atoms with Crippen molar-refractivity contribution in [3.8, 4) is 0 Å². The molecule has 6 heteroatoms. The quantitative estimate of drug-likeness (QED) is 0.697. The van der Waals surface area contributed by atoms with Gasteiger partial charge < -0.3 is 10.2 Å². The van der Waals surface area contributed by atoms with E-state index >= 15 is 0 Å². The number of aromatic nitrogens is 2. The Morgan fingerprint density at radius 2 is 1.86 bits per heavy atom. The average molecular weight is 413 g/mol. The second-order valence-electron chi connectivity index (χ2n) is 8.46. The number of halogens is 1. The standard InChI is InChI=1S/C23H29ClN4O/c1-16(29)27-21-7-5-17(6-8-21)3-2-4-19-13-22(19)18-9-11-28(12-10-18)23-25-14-20(24)15-26-23/h5-8,14-15,18-19,22H,2-4,9-13H2,1H3,(H,27,29)/t19-,22-/m1/s1. The Kier molecular flexibility index (Phi) is 6.34. The molecule has 1 N–H and O–H groups in total. The molecule has 1 aromatic carbocycles. The molecule has 1 aliphatic heterocycles. The van der Waals surface area contributed by atoms with Crippen molar-refractivity contribution in [2.24, 2.45) is 17.8 Å². The summed E-state index contributed by atoms with van der Waals surface area (Å²) in [4.78, 5) is 22.1. The summed E-state index contributed by atoms with van der Waals surface area (Å²) in [6.45, 7) is 3.64. The second-order valence-corrected chi connectivity index (χ2v) is 8.89. The van der Waals surface area contributed by atoms with Crippen LogP contribution in [0.15, 0.2) is 36.7 Å². The number of anilines is 2. The minimum absolute atomic E-state index is 0.0240. The highest BCUT2D eigenvalue weighted by Crippen LogP contribution is 2.50. The van der Waals surface area contributed by atoms with E-state index in [4.69, 9.17) is 11.6 Å². The molecule has 1 aromatic heterocycles. The van der Waals surface area contributed by atoms with Crippen LogP contribution in [0.1, 0.15) is 44.6 Å². The molecule has 5 nitrogen and oxygen atoms in total. The minimum atomic E-state index is -0.0240. The van der Waals surface area contributed by atoms with Crippen LogP contribution in [-0.4, -0.2) is 29.0 Å². The highest BCUT2D eigenvalue weighted by Gasteiger charge is 2.42. The number of hydrogen-bond acceptors (Lipinski definition) is 4. The zero-order valence-electron chi connectivity index (χ0n) is 17.0. The summed E-state index contributed by atoms with van der Waals surface area (Å²) in [5, 5.41) is 3.41. The Hall–Kier alpha value is -2.14. The van der Waals surface area contributed by atoms with E-state index in [1.54, 1.807) is 12.4 Å². The number of rotatable bonds is 7. The summed E-state index contributed by atoms with van der Waals surface area (Å²) in [7, 11) is 0. The number of piperidine rings is 1. The molecule has 1 amide bonds. The lowest BCUT2D eigenvalue weighted by molar-refractivity contribution is -0.114. The molecule has 2 aromatic rings. The van der Waals surface area contributed by atoms with Gasteiger partial charge in [-0.2, -0.15) is 0 Å². The van der Waals surface area contributed by atoms with E-state index in [0.717, 1.165) is 48.9 Å². The minimum Gasteiger partial charge on any atom is -0.341 e. The molecule has 0 radical (unpaired) electrons. The Bertz CT molecular complexity index is 816. The van der Waals surface area contributed by atoms with Crippen molar-refractivity contribution in [1.82, 2.24) is 9.97 Å². The van der Waals surface area contributed by atoms with Crippen LogP contribution < -0.4 is 10.2 Å². The van der Waals surface area contributed by atoms with Gasteiger partial charge >= 0.3 is 0 Å². The van der Waals surface area contributed by atoms with Crippen LogP contribution in [0.5, 0.6) is 0 Å². The van der Waals surface area contributed by atoms with Crippen LogP contribution in [0.4, 0.5) is 11.6 Å². The second kappa shape index (κ2) is 9.12. The summed E-state index contributed by atoms with van der Waals surface area (Å²) < 4.78 is 0. The molecule has 1 saturated carbocycles. The predicted octanol–water partition coefficient (Wildman–Crippen LogP) is 4.96. The maximum atomic E-state index is 11.1. The van der Waals surface area contributed by atoms with Crippen molar-refractivity contribution in [2.45, 2.75) is 45.4 Å². The molecular formula is C23H29ClN4O. The van der Waals surface area contributed by atoms with Gasteiger partial charge in [-0.05, 0) is 74.0 Å². The Labute approximate surface area is 177 Å². The van der Waals surface area contributed by atoms with Gasteiger partial charge in [0.1, 0.15) is 0 Å². The molecule has 2 heterocycles. The number of aryl methyl sites for hydroxylation is 1. The Morgan fingerprint density at radius 1 is 1.17 bits per heavy atom. The first-order chi connectivity index (χ1) is 14.1. The number of hydrogen-bond donors (Lipinski definition) is 1. The highest BCUT2D eigenvalue weighted by atomic mass is 35.5. The molecule has 4 rings (SSSR count). The van der Waals surface area contributed by atoms with E-state index in [1.165, 1.54) is 44.6 Å².